The van der Waals surface area contributed by atoms with Crippen LogP contribution in [0, 0.1) is 6.92 Å². The van der Waals surface area contributed by atoms with Crippen LogP contribution in [-0.4, -0.2) is 62.7 Å². The van der Waals surface area contributed by atoms with E-state index in [4.69, 9.17) is 4.98 Å². The molecular formula is C32H35N5O4S. The molecule has 0 fully saturated rings. The summed E-state index contributed by atoms with van der Waals surface area (Å²) < 4.78 is 30.1. The molecular weight excluding hydrogens is 550 g/mol. The van der Waals surface area contributed by atoms with Crippen LogP contribution in [0.1, 0.15) is 46.1 Å². The predicted molar refractivity (Wildman–Crippen MR) is 165 cm³/mol. The number of anilines is 2. The van der Waals surface area contributed by atoms with Crippen molar-refractivity contribution in [3.63, 3.8) is 0 Å². The number of aromatic nitrogens is 1. The third-order valence-electron chi connectivity index (χ3n) is 7.61. The number of rotatable bonds is 8. The van der Waals surface area contributed by atoms with E-state index in [2.05, 4.69) is 10.0 Å². The standard InChI is InChI=1S/C32H35N5O4S/c1-21-10-5-6-12-23(21)32(39)33-26-17-18-28(25-14-8-7-13-24(25)26)42(40,41)35-29-19-16-22-11-9-15-27(31(22)34-29)37(4)30(38)20-36(2)3/h5-8,10,12-14,16-19,27H,9,11,15,20H2,1-4H3,(H,33,39)(H,34,35). The van der Waals surface area contributed by atoms with Crippen LogP contribution >= 0.6 is 0 Å². The van der Waals surface area contributed by atoms with Gasteiger partial charge in [0.2, 0.25) is 5.91 Å². The number of amides is 2. The molecule has 2 amide bonds. The maximum Gasteiger partial charge on any atom is 0.263 e. The second-order valence-electron chi connectivity index (χ2n) is 10.9. The fraction of sp³-hybridized carbons (Fsp3) is 0.281. The SMILES string of the molecule is Cc1ccccc1C(=O)Nc1ccc(S(=O)(=O)Nc2ccc3c(n2)C(N(C)C(=O)CN(C)C)CCC3)c2ccccc12. The quantitative estimate of drug-likeness (QED) is 0.301. The Morgan fingerprint density at radius 1 is 0.929 bits per heavy atom. The molecule has 218 valence electrons. The van der Waals surface area contributed by atoms with Gasteiger partial charge < -0.3 is 15.1 Å². The van der Waals surface area contributed by atoms with Gasteiger partial charge in [-0.05, 0) is 75.7 Å². The smallest absolute Gasteiger partial charge is 0.263 e. The Balaban J connectivity index is 1.44. The number of fused-ring (bicyclic) bond motifs is 2. The minimum atomic E-state index is -4.05. The summed E-state index contributed by atoms with van der Waals surface area (Å²) in [5.41, 5.74) is 3.63. The number of hydrogen-bond acceptors (Lipinski definition) is 6. The first-order valence-electron chi connectivity index (χ1n) is 13.9. The Morgan fingerprint density at radius 3 is 2.38 bits per heavy atom. The first kappa shape index (κ1) is 29.2. The molecule has 1 aromatic heterocycles. The molecule has 42 heavy (non-hydrogen) atoms. The van der Waals surface area contributed by atoms with Crippen LogP contribution in [0.25, 0.3) is 10.8 Å². The summed E-state index contributed by atoms with van der Waals surface area (Å²) in [5.74, 6) is -0.101. The highest BCUT2D eigenvalue weighted by molar-refractivity contribution is 7.93. The minimum absolute atomic E-state index is 0.0216. The van der Waals surface area contributed by atoms with Crippen molar-refractivity contribution in [2.75, 3.05) is 37.7 Å². The minimum Gasteiger partial charge on any atom is -0.336 e. The molecule has 1 aliphatic rings. The maximum absolute atomic E-state index is 13.7. The van der Waals surface area contributed by atoms with Crippen molar-refractivity contribution in [1.29, 1.82) is 0 Å². The zero-order valence-corrected chi connectivity index (χ0v) is 25.0. The Labute approximate surface area is 246 Å². The number of sulfonamides is 1. The third-order valence-corrected chi connectivity index (χ3v) is 9.03. The summed E-state index contributed by atoms with van der Waals surface area (Å²) in [7, 11) is 1.42. The zero-order valence-electron chi connectivity index (χ0n) is 24.2. The molecule has 2 N–H and O–H groups in total. The Bertz CT molecular complexity index is 1770. The van der Waals surface area contributed by atoms with Crippen LogP contribution < -0.4 is 10.0 Å². The van der Waals surface area contributed by atoms with Gasteiger partial charge >= 0.3 is 0 Å². The molecule has 3 aromatic carbocycles. The third kappa shape index (κ3) is 6.00. The van der Waals surface area contributed by atoms with Gasteiger partial charge in [0.25, 0.3) is 15.9 Å². The lowest BCUT2D eigenvalue weighted by Gasteiger charge is -2.33. The van der Waals surface area contributed by atoms with Gasteiger partial charge in [-0.1, -0.05) is 48.5 Å². The molecule has 1 aliphatic carbocycles. The van der Waals surface area contributed by atoms with Crippen molar-refractivity contribution in [2.45, 2.75) is 37.1 Å². The number of carbonyl (C=O) groups is 2. The molecule has 1 atom stereocenters. The van der Waals surface area contributed by atoms with E-state index >= 15 is 0 Å². The van der Waals surface area contributed by atoms with E-state index in [1.165, 1.54) is 6.07 Å². The van der Waals surface area contributed by atoms with Gasteiger partial charge in [0, 0.05) is 29.1 Å². The molecule has 0 aliphatic heterocycles. The van der Waals surface area contributed by atoms with Crippen LogP contribution in [0.5, 0.6) is 0 Å². The molecule has 4 aromatic rings. The largest absolute Gasteiger partial charge is 0.336 e. The first-order chi connectivity index (χ1) is 20.0. The lowest BCUT2D eigenvalue weighted by atomic mass is 9.91. The van der Waals surface area contributed by atoms with E-state index in [1.807, 2.05) is 44.1 Å². The van der Waals surface area contributed by atoms with Crippen molar-refractivity contribution in [3.8, 4) is 0 Å². The van der Waals surface area contributed by atoms with Gasteiger partial charge in [0.05, 0.1) is 23.2 Å². The Morgan fingerprint density at radius 2 is 1.64 bits per heavy atom. The van der Waals surface area contributed by atoms with Crippen molar-refractivity contribution in [3.05, 3.63) is 95.2 Å². The van der Waals surface area contributed by atoms with Crippen molar-refractivity contribution in [1.82, 2.24) is 14.8 Å². The number of aryl methyl sites for hydroxylation is 2. The highest BCUT2D eigenvalue weighted by atomic mass is 32.2. The number of nitrogens with zero attached hydrogens (tertiary/aromatic N) is 3. The molecule has 9 nitrogen and oxygen atoms in total. The fourth-order valence-electron chi connectivity index (χ4n) is 5.44. The molecule has 0 radical (unpaired) electrons. The van der Waals surface area contributed by atoms with E-state index in [0.29, 0.717) is 22.0 Å². The summed E-state index contributed by atoms with van der Waals surface area (Å²) in [5, 5.41) is 4.01. The molecule has 1 heterocycles. The average Bonchev–Trinajstić information content (AvgIpc) is 2.96. The Kier molecular flexibility index (Phi) is 8.29. The molecule has 0 bridgehead atoms. The van der Waals surface area contributed by atoms with E-state index in [9.17, 15) is 18.0 Å². The van der Waals surface area contributed by atoms with E-state index in [0.717, 1.165) is 36.1 Å². The molecule has 1 unspecified atom stereocenters. The van der Waals surface area contributed by atoms with Crippen LogP contribution in [-0.2, 0) is 21.2 Å². The van der Waals surface area contributed by atoms with Gasteiger partial charge in [0.1, 0.15) is 5.82 Å². The summed E-state index contributed by atoms with van der Waals surface area (Å²) >= 11 is 0. The Hall–Kier alpha value is -4.28. The number of nitrogens with one attached hydrogen (secondary N) is 2. The fourth-order valence-corrected chi connectivity index (χ4v) is 6.65. The van der Waals surface area contributed by atoms with Gasteiger partial charge in [-0.2, -0.15) is 0 Å². The highest BCUT2D eigenvalue weighted by Gasteiger charge is 2.29. The van der Waals surface area contributed by atoms with Gasteiger partial charge in [-0.15, -0.1) is 0 Å². The molecule has 0 saturated heterocycles. The normalized spacial score (nSPS) is 14.8. The zero-order chi connectivity index (χ0) is 30.0. The maximum atomic E-state index is 13.7. The second-order valence-corrected chi connectivity index (χ2v) is 12.6. The van der Waals surface area contributed by atoms with E-state index in [1.54, 1.807) is 60.5 Å². The van der Waals surface area contributed by atoms with Crippen LogP contribution in [0.15, 0.2) is 77.7 Å². The molecule has 0 spiro atoms. The van der Waals surface area contributed by atoms with Crippen molar-refractivity contribution >= 4 is 44.1 Å². The second kappa shape index (κ2) is 11.9. The number of likely N-dealkylation sites (N-methyl/N-ethyl adjacent to an activating group) is 2. The highest BCUT2D eigenvalue weighted by Crippen LogP contribution is 2.35. The van der Waals surface area contributed by atoms with Crippen molar-refractivity contribution in [2.24, 2.45) is 0 Å². The van der Waals surface area contributed by atoms with Gasteiger partial charge in [-0.25, -0.2) is 13.4 Å². The van der Waals surface area contributed by atoms with E-state index < -0.39 is 10.0 Å². The first-order valence-corrected chi connectivity index (χ1v) is 15.3. The predicted octanol–water partition coefficient (Wildman–Crippen LogP) is 4.99. The van der Waals surface area contributed by atoms with Crippen LogP contribution in [0.4, 0.5) is 11.5 Å². The summed E-state index contributed by atoms with van der Waals surface area (Å²) in [6.45, 7) is 2.15. The van der Waals surface area contributed by atoms with Gasteiger partial charge in [0.15, 0.2) is 0 Å². The van der Waals surface area contributed by atoms with Crippen LogP contribution in [0.2, 0.25) is 0 Å². The van der Waals surface area contributed by atoms with Crippen molar-refractivity contribution < 1.29 is 18.0 Å². The number of pyridine rings is 1. The summed E-state index contributed by atoms with van der Waals surface area (Å²) in [6.07, 6.45) is 2.50. The lowest BCUT2D eigenvalue weighted by molar-refractivity contribution is -0.133. The van der Waals surface area contributed by atoms with E-state index in [-0.39, 0.29) is 35.1 Å². The lowest BCUT2D eigenvalue weighted by Crippen LogP contribution is -2.39. The number of carbonyl (C=O) groups excluding carboxylic acids is 2. The number of hydrogen-bond donors (Lipinski definition) is 2. The monoisotopic (exact) mass is 585 g/mol. The van der Waals surface area contributed by atoms with Gasteiger partial charge in [-0.3, -0.25) is 14.3 Å². The summed E-state index contributed by atoms with van der Waals surface area (Å²) in [6, 6.07) is 20.8. The number of benzene rings is 3. The van der Waals surface area contributed by atoms with Crippen LogP contribution in [0.3, 0.4) is 0 Å². The molecule has 10 heteroatoms. The average molecular weight is 586 g/mol. The topological polar surface area (TPSA) is 112 Å². The molecule has 0 saturated carbocycles. The summed E-state index contributed by atoms with van der Waals surface area (Å²) in [4.78, 5) is 34.1. The molecule has 5 rings (SSSR count).